The van der Waals surface area contributed by atoms with Crippen LogP contribution in [0.5, 0.6) is 0 Å². The Labute approximate surface area is 128 Å². The van der Waals surface area contributed by atoms with Crippen molar-refractivity contribution in [3.63, 3.8) is 0 Å². The second-order valence-corrected chi connectivity index (χ2v) is 6.05. The fraction of sp³-hybridized carbons (Fsp3) is 0.400. The van der Waals surface area contributed by atoms with Crippen LogP contribution in [0.2, 0.25) is 0 Å². The Morgan fingerprint density at radius 1 is 1.05 bits per heavy atom. The number of allylic oxidation sites excluding steroid dienone is 1. The minimum absolute atomic E-state index is 0.560. The van der Waals surface area contributed by atoms with Gasteiger partial charge in [0.25, 0.3) is 0 Å². The van der Waals surface area contributed by atoms with Gasteiger partial charge in [0.15, 0.2) is 0 Å². The lowest BCUT2D eigenvalue weighted by atomic mass is 9.88. The van der Waals surface area contributed by atoms with Gasteiger partial charge < -0.3 is 4.98 Å². The number of nitrogens with one attached hydrogen (secondary N) is 1. The van der Waals surface area contributed by atoms with E-state index in [4.69, 9.17) is 0 Å². The van der Waals surface area contributed by atoms with Crippen molar-refractivity contribution in [1.29, 1.82) is 0 Å². The molecular formula is C20H25N. The highest BCUT2D eigenvalue weighted by atomic mass is 14.7. The van der Waals surface area contributed by atoms with Crippen LogP contribution in [-0.4, -0.2) is 4.98 Å². The van der Waals surface area contributed by atoms with Crippen molar-refractivity contribution in [3.8, 4) is 0 Å². The van der Waals surface area contributed by atoms with Crippen molar-refractivity contribution in [2.45, 2.75) is 51.9 Å². The Hall–Kier alpha value is -1.76. The van der Waals surface area contributed by atoms with Gasteiger partial charge in [0.2, 0.25) is 0 Å². The van der Waals surface area contributed by atoms with Crippen LogP contribution in [0.1, 0.15) is 67.8 Å². The number of H-pyrrole nitrogens is 1. The van der Waals surface area contributed by atoms with Gasteiger partial charge in [-0.2, -0.15) is 0 Å². The molecule has 1 heterocycles. The van der Waals surface area contributed by atoms with E-state index in [1.165, 1.54) is 60.1 Å². The van der Waals surface area contributed by atoms with Gasteiger partial charge in [0.05, 0.1) is 0 Å². The summed E-state index contributed by atoms with van der Waals surface area (Å²) in [5.41, 5.74) is 7.26. The number of aromatic nitrogens is 1. The van der Waals surface area contributed by atoms with E-state index in [9.17, 15) is 0 Å². The molecule has 1 aliphatic rings. The number of unbranched alkanes of at least 4 members (excludes halogenated alkanes) is 1. The maximum absolute atomic E-state index is 3.51. The van der Waals surface area contributed by atoms with Gasteiger partial charge in [-0.25, -0.2) is 0 Å². The Kier molecular flexibility index (Phi) is 4.28. The van der Waals surface area contributed by atoms with Gasteiger partial charge in [-0.1, -0.05) is 51.0 Å². The molecule has 21 heavy (non-hydrogen) atoms. The zero-order valence-electron chi connectivity index (χ0n) is 13.2. The molecule has 2 aromatic rings. The summed E-state index contributed by atoms with van der Waals surface area (Å²) in [6, 6.07) is 11.1. The Bertz CT molecular complexity index is 633. The highest BCUT2D eigenvalue weighted by Crippen LogP contribution is 2.44. The van der Waals surface area contributed by atoms with Crippen LogP contribution < -0.4 is 0 Å². The second-order valence-electron chi connectivity index (χ2n) is 6.05. The predicted molar refractivity (Wildman–Crippen MR) is 91.4 cm³/mol. The number of hydrogen-bond acceptors (Lipinski definition) is 0. The molecule has 1 aliphatic carbocycles. The molecule has 1 nitrogen and oxygen atoms in total. The summed E-state index contributed by atoms with van der Waals surface area (Å²) in [7, 11) is 0. The van der Waals surface area contributed by atoms with Gasteiger partial charge in [-0.3, -0.25) is 0 Å². The molecule has 0 fully saturated rings. The largest absolute Gasteiger partial charge is 0.361 e. The first kappa shape index (κ1) is 14.2. The maximum Gasteiger partial charge on any atom is 0.0451 e. The summed E-state index contributed by atoms with van der Waals surface area (Å²) in [4.78, 5) is 3.51. The predicted octanol–water partition coefficient (Wildman–Crippen LogP) is 5.80. The van der Waals surface area contributed by atoms with Crippen LogP contribution in [0.25, 0.3) is 11.6 Å². The molecule has 0 amide bonds. The lowest BCUT2D eigenvalue weighted by molar-refractivity contribution is 0.733. The van der Waals surface area contributed by atoms with E-state index in [2.05, 4.69) is 61.4 Å². The lowest BCUT2D eigenvalue weighted by Crippen LogP contribution is -2.01. The molecule has 0 spiro atoms. The van der Waals surface area contributed by atoms with Crippen LogP contribution in [0.15, 0.2) is 36.5 Å². The van der Waals surface area contributed by atoms with Crippen molar-refractivity contribution in [1.82, 2.24) is 4.98 Å². The maximum atomic E-state index is 3.51. The highest BCUT2D eigenvalue weighted by Gasteiger charge is 2.26. The number of aryl methyl sites for hydroxylation is 1. The molecule has 0 radical (unpaired) electrons. The van der Waals surface area contributed by atoms with Crippen molar-refractivity contribution < 1.29 is 0 Å². The van der Waals surface area contributed by atoms with Crippen LogP contribution in [0.3, 0.4) is 0 Å². The van der Waals surface area contributed by atoms with E-state index in [1.807, 2.05) is 0 Å². The molecule has 1 aromatic carbocycles. The first-order valence-corrected chi connectivity index (χ1v) is 8.32. The summed E-state index contributed by atoms with van der Waals surface area (Å²) < 4.78 is 0. The molecule has 3 rings (SSSR count). The van der Waals surface area contributed by atoms with Crippen LogP contribution in [0, 0.1) is 0 Å². The lowest BCUT2D eigenvalue weighted by Gasteiger charge is -2.16. The highest BCUT2D eigenvalue weighted by molar-refractivity contribution is 5.91. The van der Waals surface area contributed by atoms with E-state index in [1.54, 1.807) is 0 Å². The molecule has 1 atom stereocenters. The smallest absolute Gasteiger partial charge is 0.0451 e. The number of fused-ring (bicyclic) bond motifs is 1. The quantitative estimate of drug-likeness (QED) is 0.688. The third-order valence-corrected chi connectivity index (χ3v) is 4.56. The number of hydrogen-bond donors (Lipinski definition) is 1. The first-order valence-electron chi connectivity index (χ1n) is 8.32. The van der Waals surface area contributed by atoms with Gasteiger partial charge in [0, 0.05) is 17.8 Å². The third-order valence-electron chi connectivity index (χ3n) is 4.56. The molecule has 1 N–H and O–H groups in total. The molecule has 0 saturated carbocycles. The molecule has 0 bridgehead atoms. The summed E-state index contributed by atoms with van der Waals surface area (Å²) in [6.45, 7) is 4.54. The second kappa shape index (κ2) is 6.34. The van der Waals surface area contributed by atoms with Gasteiger partial charge in [-0.05, 0) is 53.7 Å². The molecular weight excluding hydrogens is 254 g/mol. The third kappa shape index (κ3) is 2.70. The number of benzene rings is 1. The minimum atomic E-state index is 0.560. The summed E-state index contributed by atoms with van der Waals surface area (Å²) in [5.74, 6) is 0.560. The average Bonchev–Trinajstić information content (AvgIpc) is 3.10. The fourth-order valence-electron chi connectivity index (χ4n) is 3.49. The molecule has 110 valence electrons. The Balaban J connectivity index is 1.96. The van der Waals surface area contributed by atoms with Crippen molar-refractivity contribution >= 4 is 11.6 Å². The van der Waals surface area contributed by atoms with Crippen LogP contribution in [-0.2, 0) is 6.42 Å². The normalized spacial score (nSPS) is 16.9. The average molecular weight is 279 g/mol. The monoisotopic (exact) mass is 279 g/mol. The van der Waals surface area contributed by atoms with Crippen molar-refractivity contribution in [3.05, 3.63) is 58.9 Å². The minimum Gasteiger partial charge on any atom is -0.361 e. The van der Waals surface area contributed by atoms with Gasteiger partial charge in [-0.15, -0.1) is 0 Å². The van der Waals surface area contributed by atoms with Gasteiger partial charge >= 0.3 is 0 Å². The number of rotatable bonds is 6. The molecule has 0 aliphatic heterocycles. The van der Waals surface area contributed by atoms with E-state index in [0.717, 1.165) is 0 Å². The van der Waals surface area contributed by atoms with E-state index < -0.39 is 0 Å². The molecule has 1 aromatic heterocycles. The SMILES string of the molecule is CCCCc1cc[nH]c1C1=Cc2ccccc2C1CCC. The summed E-state index contributed by atoms with van der Waals surface area (Å²) in [5, 5.41) is 0. The molecule has 1 unspecified atom stereocenters. The van der Waals surface area contributed by atoms with Crippen LogP contribution >= 0.6 is 0 Å². The zero-order valence-corrected chi connectivity index (χ0v) is 13.2. The molecule has 1 heteroatoms. The van der Waals surface area contributed by atoms with E-state index >= 15 is 0 Å². The van der Waals surface area contributed by atoms with E-state index in [-0.39, 0.29) is 0 Å². The first-order chi connectivity index (χ1) is 10.3. The Morgan fingerprint density at radius 2 is 1.90 bits per heavy atom. The van der Waals surface area contributed by atoms with Crippen LogP contribution in [0.4, 0.5) is 0 Å². The summed E-state index contributed by atoms with van der Waals surface area (Å²) in [6.07, 6.45) is 10.7. The van der Waals surface area contributed by atoms with E-state index in [0.29, 0.717) is 5.92 Å². The van der Waals surface area contributed by atoms with Gasteiger partial charge in [0.1, 0.15) is 0 Å². The molecule has 0 saturated heterocycles. The zero-order chi connectivity index (χ0) is 14.7. The Morgan fingerprint density at radius 3 is 2.71 bits per heavy atom. The van der Waals surface area contributed by atoms with Crippen molar-refractivity contribution in [2.75, 3.05) is 0 Å². The number of aromatic amines is 1. The summed E-state index contributed by atoms with van der Waals surface area (Å²) >= 11 is 0. The standard InChI is InChI=1S/C20H25N/c1-3-5-9-15-12-13-21-20(15)19-14-16-10-6-7-11-17(16)18(19)8-4-2/h6-7,10-14,18,21H,3-5,8-9H2,1-2H3. The van der Waals surface area contributed by atoms with Crippen molar-refractivity contribution in [2.24, 2.45) is 0 Å². The topological polar surface area (TPSA) is 15.8 Å². The fourth-order valence-corrected chi connectivity index (χ4v) is 3.49.